The maximum Gasteiger partial charge on any atom is 0.232 e. The second-order valence-electron chi connectivity index (χ2n) is 7.24. The molecule has 0 atom stereocenters. The monoisotopic (exact) mass is 406 g/mol. The van der Waals surface area contributed by atoms with Crippen molar-refractivity contribution in [3.63, 3.8) is 0 Å². The maximum atomic E-state index is 12.6. The summed E-state index contributed by atoms with van der Waals surface area (Å²) in [5.41, 5.74) is 4.81. The molecule has 0 spiro atoms. The number of H-pyrrole nitrogens is 1. The van der Waals surface area contributed by atoms with Gasteiger partial charge in [-0.25, -0.2) is 0 Å². The molecule has 0 unspecified atom stereocenters. The lowest BCUT2D eigenvalue weighted by Crippen LogP contribution is -2.35. The zero-order valence-electron chi connectivity index (χ0n) is 16.0. The SMILES string of the molecule is O=C(CSCc1c[nH]c2cc3c(cc12)OCO3)N1CC=C(c2ccccc2)CC1. The number of rotatable bonds is 5. The van der Waals surface area contributed by atoms with Gasteiger partial charge in [0.2, 0.25) is 12.7 Å². The average Bonchev–Trinajstić information content (AvgIpc) is 3.39. The number of aromatic amines is 1. The molecule has 0 fully saturated rings. The molecular weight excluding hydrogens is 384 g/mol. The highest BCUT2D eigenvalue weighted by molar-refractivity contribution is 7.99. The number of thioether (sulfide) groups is 1. The van der Waals surface area contributed by atoms with Crippen molar-refractivity contribution < 1.29 is 14.3 Å². The molecule has 0 saturated carbocycles. The highest BCUT2D eigenvalue weighted by Crippen LogP contribution is 2.37. The summed E-state index contributed by atoms with van der Waals surface area (Å²) in [5, 5.41) is 1.13. The van der Waals surface area contributed by atoms with Gasteiger partial charge in [-0.3, -0.25) is 4.79 Å². The quantitative estimate of drug-likeness (QED) is 0.680. The topological polar surface area (TPSA) is 54.6 Å². The minimum Gasteiger partial charge on any atom is -0.454 e. The number of amides is 1. The van der Waals surface area contributed by atoms with E-state index >= 15 is 0 Å². The van der Waals surface area contributed by atoms with Gasteiger partial charge in [0.1, 0.15) is 0 Å². The number of ether oxygens (including phenoxy) is 2. The Bertz CT molecular complexity index is 1070. The number of fused-ring (bicyclic) bond motifs is 2. The molecule has 5 nitrogen and oxygen atoms in total. The molecule has 0 bridgehead atoms. The zero-order chi connectivity index (χ0) is 19.6. The fraction of sp³-hybridized carbons (Fsp3) is 0.261. The summed E-state index contributed by atoms with van der Waals surface area (Å²) in [7, 11) is 0. The predicted octanol–water partition coefficient (Wildman–Crippen LogP) is 4.45. The molecule has 1 amide bonds. The number of hydrogen-bond acceptors (Lipinski definition) is 4. The second-order valence-corrected chi connectivity index (χ2v) is 8.23. The Hall–Kier alpha value is -2.86. The lowest BCUT2D eigenvalue weighted by atomic mass is 10.00. The van der Waals surface area contributed by atoms with Gasteiger partial charge in [0.25, 0.3) is 0 Å². The van der Waals surface area contributed by atoms with Crippen LogP contribution < -0.4 is 9.47 Å². The van der Waals surface area contributed by atoms with E-state index in [1.54, 1.807) is 11.8 Å². The molecule has 0 radical (unpaired) electrons. The van der Waals surface area contributed by atoms with E-state index in [1.807, 2.05) is 29.3 Å². The van der Waals surface area contributed by atoms with Gasteiger partial charge in [-0.2, -0.15) is 0 Å². The molecule has 2 aliphatic rings. The van der Waals surface area contributed by atoms with Crippen LogP contribution in [0.5, 0.6) is 11.5 Å². The van der Waals surface area contributed by atoms with Crippen molar-refractivity contribution in [2.24, 2.45) is 0 Å². The third-order valence-electron chi connectivity index (χ3n) is 5.45. The first kappa shape index (κ1) is 18.2. The molecule has 2 aliphatic heterocycles. The summed E-state index contributed by atoms with van der Waals surface area (Å²) in [6.45, 7) is 1.76. The zero-order valence-corrected chi connectivity index (χ0v) is 16.8. The number of benzene rings is 2. The molecule has 3 aromatic rings. The van der Waals surface area contributed by atoms with E-state index in [2.05, 4.69) is 35.3 Å². The number of carbonyl (C=O) groups excluding carboxylic acids is 1. The van der Waals surface area contributed by atoms with Gasteiger partial charge in [-0.05, 0) is 29.2 Å². The van der Waals surface area contributed by atoms with Gasteiger partial charge in [0, 0.05) is 42.0 Å². The largest absolute Gasteiger partial charge is 0.454 e. The molecule has 29 heavy (non-hydrogen) atoms. The molecule has 148 valence electrons. The van der Waals surface area contributed by atoms with E-state index in [0.29, 0.717) is 12.3 Å². The predicted molar refractivity (Wildman–Crippen MR) is 116 cm³/mol. The van der Waals surface area contributed by atoms with Gasteiger partial charge < -0.3 is 19.4 Å². The van der Waals surface area contributed by atoms with Gasteiger partial charge in [0.15, 0.2) is 11.5 Å². The molecular formula is C23H22N2O3S. The summed E-state index contributed by atoms with van der Waals surface area (Å²) < 4.78 is 10.9. The van der Waals surface area contributed by atoms with E-state index in [4.69, 9.17) is 9.47 Å². The van der Waals surface area contributed by atoms with Crippen LogP contribution in [0.15, 0.2) is 54.7 Å². The van der Waals surface area contributed by atoms with Crippen molar-refractivity contribution >= 4 is 34.1 Å². The van der Waals surface area contributed by atoms with E-state index in [-0.39, 0.29) is 12.7 Å². The van der Waals surface area contributed by atoms with Crippen molar-refractivity contribution in [2.75, 3.05) is 25.6 Å². The fourth-order valence-corrected chi connectivity index (χ4v) is 4.76. The molecule has 3 heterocycles. The van der Waals surface area contributed by atoms with Crippen LogP contribution in [-0.2, 0) is 10.5 Å². The molecule has 1 aromatic heterocycles. The Balaban J connectivity index is 1.17. The van der Waals surface area contributed by atoms with Gasteiger partial charge in [0.05, 0.1) is 5.75 Å². The van der Waals surface area contributed by atoms with Crippen LogP contribution in [0.2, 0.25) is 0 Å². The Morgan fingerprint density at radius 1 is 1.14 bits per heavy atom. The van der Waals surface area contributed by atoms with Gasteiger partial charge >= 0.3 is 0 Å². The third kappa shape index (κ3) is 3.72. The molecule has 2 aromatic carbocycles. The van der Waals surface area contributed by atoms with E-state index < -0.39 is 0 Å². The Morgan fingerprint density at radius 3 is 2.76 bits per heavy atom. The minimum absolute atomic E-state index is 0.204. The molecule has 6 heteroatoms. The van der Waals surface area contributed by atoms with Crippen molar-refractivity contribution in [3.8, 4) is 11.5 Å². The summed E-state index contributed by atoms with van der Waals surface area (Å²) in [6.07, 6.45) is 5.10. The van der Waals surface area contributed by atoms with Crippen LogP contribution in [0, 0.1) is 0 Å². The Morgan fingerprint density at radius 2 is 1.97 bits per heavy atom. The summed E-state index contributed by atoms with van der Waals surface area (Å²) in [5.74, 6) is 3.04. The third-order valence-corrected chi connectivity index (χ3v) is 6.42. The average molecular weight is 407 g/mol. The molecule has 0 saturated heterocycles. The second kappa shape index (κ2) is 7.87. The van der Waals surface area contributed by atoms with Crippen LogP contribution in [0.4, 0.5) is 0 Å². The first-order valence-corrected chi connectivity index (χ1v) is 10.9. The van der Waals surface area contributed by atoms with Gasteiger partial charge in [-0.15, -0.1) is 11.8 Å². The van der Waals surface area contributed by atoms with Gasteiger partial charge in [-0.1, -0.05) is 36.4 Å². The number of nitrogens with zero attached hydrogens (tertiary/aromatic N) is 1. The standard InChI is InChI=1S/C23H22N2O3S/c26-23(25-8-6-17(7-9-25)16-4-2-1-3-5-16)14-29-13-18-12-24-20-11-22-21(10-19(18)20)27-15-28-22/h1-6,10-12,24H,7-9,13-15H2. The van der Waals surface area contributed by atoms with E-state index in [9.17, 15) is 4.79 Å². The van der Waals surface area contributed by atoms with Crippen molar-refractivity contribution in [3.05, 3.63) is 65.9 Å². The van der Waals surface area contributed by atoms with E-state index in [0.717, 1.165) is 41.1 Å². The summed E-state index contributed by atoms with van der Waals surface area (Å²) in [4.78, 5) is 17.9. The lowest BCUT2D eigenvalue weighted by Gasteiger charge is -2.26. The van der Waals surface area contributed by atoms with E-state index in [1.165, 1.54) is 16.7 Å². The van der Waals surface area contributed by atoms with Crippen molar-refractivity contribution in [1.29, 1.82) is 0 Å². The van der Waals surface area contributed by atoms with Crippen molar-refractivity contribution in [1.82, 2.24) is 9.88 Å². The number of carbonyl (C=O) groups is 1. The highest BCUT2D eigenvalue weighted by atomic mass is 32.2. The van der Waals surface area contributed by atoms with Crippen molar-refractivity contribution in [2.45, 2.75) is 12.2 Å². The first-order chi connectivity index (χ1) is 14.3. The van der Waals surface area contributed by atoms with Crippen LogP contribution >= 0.6 is 11.8 Å². The Labute approximate surface area is 173 Å². The first-order valence-electron chi connectivity index (χ1n) is 9.77. The Kier molecular flexibility index (Phi) is 4.94. The highest BCUT2D eigenvalue weighted by Gasteiger charge is 2.19. The summed E-state index contributed by atoms with van der Waals surface area (Å²) >= 11 is 1.65. The van der Waals surface area contributed by atoms with Crippen LogP contribution in [0.3, 0.4) is 0 Å². The smallest absolute Gasteiger partial charge is 0.232 e. The lowest BCUT2D eigenvalue weighted by molar-refractivity contribution is -0.127. The summed E-state index contributed by atoms with van der Waals surface area (Å²) in [6, 6.07) is 14.4. The molecule has 1 N–H and O–H groups in total. The maximum absolute atomic E-state index is 12.6. The van der Waals surface area contributed by atoms with Crippen LogP contribution in [0.25, 0.3) is 16.5 Å². The van der Waals surface area contributed by atoms with Crippen LogP contribution in [0.1, 0.15) is 17.5 Å². The number of nitrogens with one attached hydrogen (secondary N) is 1. The fourth-order valence-electron chi connectivity index (χ4n) is 3.84. The number of aromatic nitrogens is 1. The molecule has 0 aliphatic carbocycles. The normalized spacial score (nSPS) is 15.6. The molecule has 5 rings (SSSR count). The minimum atomic E-state index is 0.204. The van der Waals surface area contributed by atoms with Crippen LogP contribution in [-0.4, -0.2) is 41.4 Å². The number of hydrogen-bond donors (Lipinski definition) is 1.